The second-order valence-corrected chi connectivity index (χ2v) is 7.28. The second-order valence-electron chi connectivity index (χ2n) is 7.28. The first-order valence-corrected chi connectivity index (χ1v) is 9.56. The molecule has 0 saturated carbocycles. The molecule has 0 atom stereocenters. The van der Waals surface area contributed by atoms with Crippen LogP contribution in [0.15, 0.2) is 36.7 Å². The van der Waals surface area contributed by atoms with E-state index in [4.69, 9.17) is 0 Å². The van der Waals surface area contributed by atoms with Gasteiger partial charge in [-0.05, 0) is 43.4 Å². The Kier molecular flexibility index (Phi) is 5.29. The molecule has 1 aromatic carbocycles. The van der Waals surface area contributed by atoms with Crippen LogP contribution in [-0.4, -0.2) is 47.1 Å². The maximum atomic E-state index is 13.0. The topological polar surface area (TPSA) is 44.3 Å². The first kappa shape index (κ1) is 17.2. The van der Waals surface area contributed by atoms with Crippen LogP contribution in [-0.2, 0) is 6.54 Å². The van der Waals surface area contributed by atoms with Crippen molar-refractivity contribution in [2.45, 2.75) is 38.3 Å². The lowest BCUT2D eigenvalue weighted by molar-refractivity contribution is 0.211. The van der Waals surface area contributed by atoms with E-state index in [1.807, 2.05) is 12.1 Å². The summed E-state index contributed by atoms with van der Waals surface area (Å²) < 4.78 is 13.0. The quantitative estimate of drug-likeness (QED) is 0.892. The number of aromatic nitrogens is 2. The molecule has 0 spiro atoms. The van der Waals surface area contributed by atoms with Crippen LogP contribution in [0.1, 0.15) is 31.2 Å². The summed E-state index contributed by atoms with van der Waals surface area (Å²) in [5.74, 6) is 1.79. The lowest BCUT2D eigenvalue weighted by Crippen LogP contribution is -2.38. The molecule has 0 bridgehead atoms. The molecule has 2 aromatic rings. The molecular formula is C20H26FN5. The van der Waals surface area contributed by atoms with Crippen molar-refractivity contribution in [3.8, 4) is 0 Å². The van der Waals surface area contributed by atoms with Gasteiger partial charge in [0.15, 0.2) is 0 Å². The lowest BCUT2D eigenvalue weighted by Gasteiger charge is -2.32. The zero-order chi connectivity index (χ0) is 17.8. The van der Waals surface area contributed by atoms with Gasteiger partial charge in [-0.15, -0.1) is 0 Å². The number of hydrogen-bond acceptors (Lipinski definition) is 5. The normalized spacial score (nSPS) is 19.0. The highest BCUT2D eigenvalue weighted by Gasteiger charge is 2.20. The highest BCUT2D eigenvalue weighted by molar-refractivity contribution is 5.49. The Labute approximate surface area is 154 Å². The summed E-state index contributed by atoms with van der Waals surface area (Å²) in [6.07, 6.45) is 6.34. The van der Waals surface area contributed by atoms with Gasteiger partial charge in [0.1, 0.15) is 23.8 Å². The first-order valence-electron chi connectivity index (χ1n) is 9.56. The smallest absolute Gasteiger partial charge is 0.134 e. The molecule has 2 saturated heterocycles. The zero-order valence-corrected chi connectivity index (χ0v) is 15.1. The van der Waals surface area contributed by atoms with Crippen LogP contribution in [0.5, 0.6) is 0 Å². The van der Waals surface area contributed by atoms with Crippen molar-refractivity contribution in [1.29, 1.82) is 0 Å². The van der Waals surface area contributed by atoms with E-state index >= 15 is 0 Å². The summed E-state index contributed by atoms with van der Waals surface area (Å²) in [6.45, 7) is 5.16. The summed E-state index contributed by atoms with van der Waals surface area (Å²) in [7, 11) is 0. The van der Waals surface area contributed by atoms with Gasteiger partial charge in [0, 0.05) is 44.8 Å². The van der Waals surface area contributed by atoms with Crippen LogP contribution in [0.2, 0.25) is 0 Å². The fourth-order valence-electron chi connectivity index (χ4n) is 3.84. The van der Waals surface area contributed by atoms with E-state index in [0.717, 1.165) is 57.2 Å². The lowest BCUT2D eigenvalue weighted by atomic mass is 10.0. The molecule has 0 aliphatic carbocycles. The molecule has 138 valence electrons. The molecule has 5 nitrogen and oxygen atoms in total. The predicted octanol–water partition coefficient (Wildman–Crippen LogP) is 3.29. The Morgan fingerprint density at radius 2 is 1.73 bits per heavy atom. The number of benzene rings is 1. The third kappa shape index (κ3) is 4.30. The van der Waals surface area contributed by atoms with Crippen molar-refractivity contribution < 1.29 is 4.39 Å². The van der Waals surface area contributed by atoms with Crippen LogP contribution in [0.3, 0.4) is 0 Å². The molecule has 1 aromatic heterocycles. The minimum atomic E-state index is -0.171. The van der Waals surface area contributed by atoms with Crippen LogP contribution in [0.4, 0.5) is 16.0 Å². The van der Waals surface area contributed by atoms with E-state index < -0.39 is 0 Å². The van der Waals surface area contributed by atoms with Crippen molar-refractivity contribution in [1.82, 2.24) is 14.9 Å². The maximum absolute atomic E-state index is 13.0. The van der Waals surface area contributed by atoms with Gasteiger partial charge in [-0.3, -0.25) is 4.90 Å². The average Bonchev–Trinajstić information content (AvgIpc) is 3.20. The summed E-state index contributed by atoms with van der Waals surface area (Å²) in [5.41, 5.74) is 1.17. The van der Waals surface area contributed by atoms with Gasteiger partial charge >= 0.3 is 0 Å². The molecule has 0 radical (unpaired) electrons. The average molecular weight is 355 g/mol. The van der Waals surface area contributed by atoms with Crippen molar-refractivity contribution in [2.75, 3.05) is 36.4 Å². The predicted molar refractivity (Wildman–Crippen MR) is 102 cm³/mol. The minimum absolute atomic E-state index is 0.171. The number of hydrogen-bond donors (Lipinski definition) is 1. The molecule has 0 amide bonds. The molecule has 2 aliphatic rings. The van der Waals surface area contributed by atoms with E-state index in [0.29, 0.717) is 6.04 Å². The summed E-state index contributed by atoms with van der Waals surface area (Å²) in [4.78, 5) is 13.6. The Balaban J connectivity index is 1.28. The number of piperidine rings is 1. The van der Waals surface area contributed by atoms with E-state index in [1.54, 1.807) is 6.33 Å². The summed E-state index contributed by atoms with van der Waals surface area (Å²) in [5, 5.41) is 3.58. The fraction of sp³-hybridized carbons (Fsp3) is 0.500. The Morgan fingerprint density at radius 1 is 1.00 bits per heavy atom. The van der Waals surface area contributed by atoms with Crippen molar-refractivity contribution in [3.05, 3.63) is 48.0 Å². The first-order chi connectivity index (χ1) is 12.8. The third-order valence-electron chi connectivity index (χ3n) is 5.34. The van der Waals surface area contributed by atoms with Crippen LogP contribution in [0, 0.1) is 5.82 Å². The number of rotatable bonds is 5. The number of likely N-dealkylation sites (tertiary alicyclic amines) is 1. The van der Waals surface area contributed by atoms with Gasteiger partial charge in [0.05, 0.1) is 0 Å². The monoisotopic (exact) mass is 355 g/mol. The van der Waals surface area contributed by atoms with Crippen LogP contribution < -0.4 is 10.2 Å². The Hall–Kier alpha value is -2.21. The van der Waals surface area contributed by atoms with E-state index in [2.05, 4.69) is 31.2 Å². The van der Waals surface area contributed by atoms with E-state index in [-0.39, 0.29) is 5.82 Å². The molecule has 2 aliphatic heterocycles. The summed E-state index contributed by atoms with van der Waals surface area (Å²) in [6, 6.07) is 9.35. The minimum Gasteiger partial charge on any atom is -0.367 e. The number of halogens is 1. The number of nitrogens with zero attached hydrogens (tertiary/aromatic N) is 4. The summed E-state index contributed by atoms with van der Waals surface area (Å²) >= 11 is 0. The van der Waals surface area contributed by atoms with E-state index in [9.17, 15) is 4.39 Å². The fourth-order valence-corrected chi connectivity index (χ4v) is 3.84. The molecule has 6 heteroatoms. The van der Waals surface area contributed by atoms with Gasteiger partial charge in [-0.25, -0.2) is 14.4 Å². The van der Waals surface area contributed by atoms with Gasteiger partial charge in [0.2, 0.25) is 0 Å². The van der Waals surface area contributed by atoms with Gasteiger partial charge in [-0.2, -0.15) is 0 Å². The van der Waals surface area contributed by atoms with Crippen molar-refractivity contribution in [3.63, 3.8) is 0 Å². The third-order valence-corrected chi connectivity index (χ3v) is 5.34. The second kappa shape index (κ2) is 7.99. The SMILES string of the molecule is Fc1ccc(CN2CCC(Nc3cc(N4CCCC4)ncn3)CC2)cc1. The highest BCUT2D eigenvalue weighted by atomic mass is 19.1. The molecular weight excluding hydrogens is 329 g/mol. The maximum Gasteiger partial charge on any atom is 0.134 e. The molecule has 1 N–H and O–H groups in total. The van der Waals surface area contributed by atoms with Gasteiger partial charge in [0.25, 0.3) is 0 Å². The van der Waals surface area contributed by atoms with Gasteiger partial charge in [-0.1, -0.05) is 12.1 Å². The Morgan fingerprint density at radius 3 is 2.46 bits per heavy atom. The zero-order valence-electron chi connectivity index (χ0n) is 15.1. The Bertz CT molecular complexity index is 706. The number of nitrogens with one attached hydrogen (secondary N) is 1. The standard InChI is InChI=1S/C20H26FN5/c21-17-5-3-16(4-6-17)14-25-11-7-18(8-12-25)24-19-13-20(23-15-22-19)26-9-1-2-10-26/h3-6,13,15,18H,1-2,7-12,14H2,(H,22,23,24). The van der Waals surface area contributed by atoms with Crippen molar-refractivity contribution in [2.24, 2.45) is 0 Å². The van der Waals surface area contributed by atoms with Crippen LogP contribution >= 0.6 is 0 Å². The van der Waals surface area contributed by atoms with E-state index in [1.165, 1.54) is 30.5 Å². The molecule has 3 heterocycles. The molecule has 2 fully saturated rings. The highest BCUT2D eigenvalue weighted by Crippen LogP contribution is 2.22. The van der Waals surface area contributed by atoms with Crippen LogP contribution in [0.25, 0.3) is 0 Å². The molecule has 0 unspecified atom stereocenters. The molecule has 4 rings (SSSR count). The van der Waals surface area contributed by atoms with Gasteiger partial charge < -0.3 is 10.2 Å². The van der Waals surface area contributed by atoms with Crippen molar-refractivity contribution >= 4 is 11.6 Å². The largest absolute Gasteiger partial charge is 0.367 e. The molecule has 26 heavy (non-hydrogen) atoms. The number of anilines is 2.